The van der Waals surface area contributed by atoms with Gasteiger partial charge in [0.05, 0.1) is 27.3 Å². The number of ether oxygens (including phenoxy) is 2. The van der Waals surface area contributed by atoms with Crippen LogP contribution in [-0.4, -0.2) is 45.7 Å². The Labute approximate surface area is 194 Å². The number of aliphatic imine (C=N–C) groups is 1. The van der Waals surface area contributed by atoms with Gasteiger partial charge in [-0.05, 0) is 42.7 Å². The van der Waals surface area contributed by atoms with E-state index in [9.17, 15) is 4.79 Å². The van der Waals surface area contributed by atoms with Crippen LogP contribution in [0.1, 0.15) is 18.1 Å². The third-order valence-electron chi connectivity index (χ3n) is 4.81. The zero-order valence-electron chi connectivity index (χ0n) is 17.6. The Morgan fingerprint density at radius 2 is 1.87 bits per heavy atom. The molecule has 0 bridgehead atoms. The van der Waals surface area contributed by atoms with E-state index >= 15 is 0 Å². The highest BCUT2D eigenvalue weighted by Gasteiger charge is 2.23. The van der Waals surface area contributed by atoms with E-state index < -0.39 is 0 Å². The second kappa shape index (κ2) is 11.6. The number of hydrogen-bond donors (Lipinski definition) is 2. The average molecular weight is 524 g/mol. The smallest absolute Gasteiger partial charge is 0.246 e. The summed E-state index contributed by atoms with van der Waals surface area (Å²) in [7, 11) is 3.22. The van der Waals surface area contributed by atoms with Crippen LogP contribution in [0.25, 0.3) is 0 Å². The van der Waals surface area contributed by atoms with E-state index in [0.29, 0.717) is 30.5 Å². The molecule has 0 unspecified atom stereocenters. The molecule has 0 spiro atoms. The van der Waals surface area contributed by atoms with Crippen molar-refractivity contribution in [2.24, 2.45) is 4.99 Å². The van der Waals surface area contributed by atoms with Gasteiger partial charge in [0.2, 0.25) is 5.91 Å². The number of amides is 1. The lowest BCUT2D eigenvalue weighted by Crippen LogP contribution is -2.44. The first-order chi connectivity index (χ1) is 14.2. The summed E-state index contributed by atoms with van der Waals surface area (Å²) in [6.07, 6.45) is 0.898. The summed E-state index contributed by atoms with van der Waals surface area (Å²) in [6.45, 7) is 4.06. The van der Waals surface area contributed by atoms with E-state index in [2.05, 4.69) is 21.7 Å². The number of para-hydroxylation sites is 1. The van der Waals surface area contributed by atoms with Crippen molar-refractivity contribution >= 4 is 41.5 Å². The van der Waals surface area contributed by atoms with Crippen LogP contribution in [0, 0.1) is 0 Å². The van der Waals surface area contributed by atoms with Gasteiger partial charge < -0.3 is 25.0 Å². The van der Waals surface area contributed by atoms with Crippen LogP contribution in [0.3, 0.4) is 0 Å². The molecule has 2 aromatic rings. The second-order valence-corrected chi connectivity index (χ2v) is 6.66. The van der Waals surface area contributed by atoms with Crippen LogP contribution in [0.5, 0.6) is 11.5 Å². The minimum Gasteiger partial charge on any atom is -0.493 e. The zero-order valence-corrected chi connectivity index (χ0v) is 19.9. The molecule has 0 saturated heterocycles. The molecular formula is C22H29IN4O3. The van der Waals surface area contributed by atoms with Crippen molar-refractivity contribution in [2.75, 3.05) is 38.8 Å². The summed E-state index contributed by atoms with van der Waals surface area (Å²) in [6, 6.07) is 13.8. The zero-order chi connectivity index (χ0) is 20.6. The van der Waals surface area contributed by atoms with Gasteiger partial charge in [-0.15, -0.1) is 24.0 Å². The standard InChI is InChI=1S/C22H28N4O3.HI/c1-4-23-22(24-14-16-9-10-19(28-2)20(13-16)29-3)25-15-21(27)26-12-11-17-7-5-6-8-18(17)26;/h5-10,13H,4,11-12,14-15H2,1-3H3,(H2,23,24,25);1H. The molecule has 2 N–H and O–H groups in total. The van der Waals surface area contributed by atoms with Crippen molar-refractivity contribution in [2.45, 2.75) is 19.9 Å². The van der Waals surface area contributed by atoms with Gasteiger partial charge in [0, 0.05) is 18.8 Å². The first-order valence-corrected chi connectivity index (χ1v) is 9.77. The van der Waals surface area contributed by atoms with Gasteiger partial charge in [0.15, 0.2) is 17.5 Å². The maximum Gasteiger partial charge on any atom is 0.246 e. The van der Waals surface area contributed by atoms with Gasteiger partial charge in [-0.1, -0.05) is 24.3 Å². The molecule has 2 aromatic carbocycles. The molecule has 0 saturated carbocycles. The van der Waals surface area contributed by atoms with E-state index in [4.69, 9.17) is 9.47 Å². The van der Waals surface area contributed by atoms with E-state index in [1.165, 1.54) is 5.56 Å². The lowest BCUT2D eigenvalue weighted by Gasteiger charge is -2.18. The van der Waals surface area contributed by atoms with Crippen molar-refractivity contribution in [3.63, 3.8) is 0 Å². The number of anilines is 1. The topological polar surface area (TPSA) is 75.2 Å². The summed E-state index contributed by atoms with van der Waals surface area (Å²) in [5, 5.41) is 6.32. The van der Waals surface area contributed by atoms with Crippen molar-refractivity contribution < 1.29 is 14.3 Å². The van der Waals surface area contributed by atoms with Crippen molar-refractivity contribution in [1.29, 1.82) is 0 Å². The molecular weight excluding hydrogens is 495 g/mol. The lowest BCUT2D eigenvalue weighted by atomic mass is 10.2. The fraction of sp³-hybridized carbons (Fsp3) is 0.364. The molecule has 1 aliphatic rings. The molecule has 1 aliphatic heterocycles. The first-order valence-electron chi connectivity index (χ1n) is 9.77. The van der Waals surface area contributed by atoms with Crippen LogP contribution in [0.4, 0.5) is 5.69 Å². The molecule has 3 rings (SSSR count). The first kappa shape index (κ1) is 23.8. The van der Waals surface area contributed by atoms with Crippen molar-refractivity contribution in [3.05, 3.63) is 53.6 Å². The molecule has 0 fully saturated rings. The number of benzene rings is 2. The Hall–Kier alpha value is -2.49. The Bertz CT molecular complexity index is 888. The van der Waals surface area contributed by atoms with Crippen LogP contribution < -0.4 is 25.0 Å². The molecule has 0 radical (unpaired) electrons. The summed E-state index contributed by atoms with van der Waals surface area (Å²) in [4.78, 5) is 19.1. The van der Waals surface area contributed by atoms with Gasteiger partial charge in [-0.25, -0.2) is 4.99 Å². The van der Waals surface area contributed by atoms with Crippen molar-refractivity contribution in [3.8, 4) is 11.5 Å². The number of hydrogen-bond acceptors (Lipinski definition) is 4. The Morgan fingerprint density at radius 3 is 2.60 bits per heavy atom. The van der Waals surface area contributed by atoms with E-state index in [-0.39, 0.29) is 36.4 Å². The molecule has 0 aromatic heterocycles. The lowest BCUT2D eigenvalue weighted by molar-refractivity contribution is -0.117. The number of carbonyl (C=O) groups excluding carboxylic acids is 1. The van der Waals surface area contributed by atoms with Gasteiger partial charge in [-0.3, -0.25) is 4.79 Å². The molecule has 30 heavy (non-hydrogen) atoms. The third kappa shape index (κ3) is 5.78. The van der Waals surface area contributed by atoms with Crippen LogP contribution in [0.2, 0.25) is 0 Å². The molecule has 162 valence electrons. The molecule has 8 heteroatoms. The van der Waals surface area contributed by atoms with Gasteiger partial charge in [0.25, 0.3) is 0 Å². The van der Waals surface area contributed by atoms with Crippen LogP contribution in [0.15, 0.2) is 47.5 Å². The molecule has 0 aliphatic carbocycles. The number of nitrogens with zero attached hydrogens (tertiary/aromatic N) is 2. The molecule has 1 amide bonds. The fourth-order valence-electron chi connectivity index (χ4n) is 3.34. The van der Waals surface area contributed by atoms with Gasteiger partial charge in [0.1, 0.15) is 0 Å². The highest BCUT2D eigenvalue weighted by atomic mass is 127. The van der Waals surface area contributed by atoms with Crippen LogP contribution in [-0.2, 0) is 17.8 Å². The monoisotopic (exact) mass is 524 g/mol. The van der Waals surface area contributed by atoms with E-state index in [1.54, 1.807) is 14.2 Å². The third-order valence-corrected chi connectivity index (χ3v) is 4.81. The summed E-state index contributed by atoms with van der Waals surface area (Å²) in [5.41, 5.74) is 3.21. The molecule has 7 nitrogen and oxygen atoms in total. The Balaban J connectivity index is 0.00000320. The minimum absolute atomic E-state index is 0. The normalized spacial score (nSPS) is 12.6. The van der Waals surface area contributed by atoms with Crippen molar-refractivity contribution in [1.82, 2.24) is 10.6 Å². The molecule has 1 heterocycles. The summed E-state index contributed by atoms with van der Waals surface area (Å²) < 4.78 is 10.6. The van der Waals surface area contributed by atoms with Crippen LogP contribution >= 0.6 is 24.0 Å². The number of carbonyl (C=O) groups is 1. The number of fused-ring (bicyclic) bond motifs is 1. The van der Waals surface area contributed by atoms with E-state index in [0.717, 1.165) is 24.2 Å². The SMILES string of the molecule is CCNC(=NCc1ccc(OC)c(OC)c1)NCC(=O)N1CCc2ccccc21.I. The summed E-state index contributed by atoms with van der Waals surface area (Å²) in [5.74, 6) is 1.98. The minimum atomic E-state index is 0. The maximum atomic E-state index is 12.7. The summed E-state index contributed by atoms with van der Waals surface area (Å²) >= 11 is 0. The number of rotatable bonds is 7. The Morgan fingerprint density at radius 1 is 1.10 bits per heavy atom. The highest BCUT2D eigenvalue weighted by Crippen LogP contribution is 2.28. The van der Waals surface area contributed by atoms with Gasteiger partial charge >= 0.3 is 0 Å². The maximum absolute atomic E-state index is 12.7. The highest BCUT2D eigenvalue weighted by molar-refractivity contribution is 14.0. The second-order valence-electron chi connectivity index (χ2n) is 6.66. The fourth-order valence-corrected chi connectivity index (χ4v) is 3.34. The van der Waals surface area contributed by atoms with Gasteiger partial charge in [-0.2, -0.15) is 0 Å². The number of nitrogens with one attached hydrogen (secondary N) is 2. The quantitative estimate of drug-likeness (QED) is 0.331. The molecule has 0 atom stereocenters. The predicted molar refractivity (Wildman–Crippen MR) is 130 cm³/mol. The number of guanidine groups is 1. The average Bonchev–Trinajstić information content (AvgIpc) is 3.19. The number of methoxy groups -OCH3 is 2. The number of halogens is 1. The predicted octanol–water partition coefficient (Wildman–Crippen LogP) is 2.97. The van der Waals surface area contributed by atoms with E-state index in [1.807, 2.05) is 48.2 Å². The Kier molecular flexibility index (Phi) is 9.22. The largest absolute Gasteiger partial charge is 0.493 e.